The lowest BCUT2D eigenvalue weighted by Gasteiger charge is -2.47. The fourth-order valence-corrected chi connectivity index (χ4v) is 5.44. The van der Waals surface area contributed by atoms with E-state index in [2.05, 4.69) is 5.32 Å². The summed E-state index contributed by atoms with van der Waals surface area (Å²) in [6.07, 6.45) is 8.60. The Kier molecular flexibility index (Phi) is 7.11. The highest BCUT2D eigenvalue weighted by atomic mass is 32.2. The van der Waals surface area contributed by atoms with Crippen molar-refractivity contribution in [1.29, 1.82) is 0 Å². The van der Waals surface area contributed by atoms with Crippen LogP contribution in [0.4, 0.5) is 5.69 Å². The minimum absolute atomic E-state index is 0.0509. The summed E-state index contributed by atoms with van der Waals surface area (Å²) < 4.78 is 25.7. The summed E-state index contributed by atoms with van der Waals surface area (Å²) >= 11 is 0. The molecule has 0 spiro atoms. The van der Waals surface area contributed by atoms with E-state index in [4.69, 9.17) is 0 Å². The van der Waals surface area contributed by atoms with Crippen molar-refractivity contribution in [2.24, 2.45) is 0 Å². The number of sulfonamides is 1. The van der Waals surface area contributed by atoms with Gasteiger partial charge in [0.05, 0.1) is 12.8 Å². The van der Waals surface area contributed by atoms with Crippen molar-refractivity contribution in [3.63, 3.8) is 0 Å². The van der Waals surface area contributed by atoms with Crippen molar-refractivity contribution < 1.29 is 18.0 Å². The fourth-order valence-electron chi connectivity index (χ4n) is 4.61. The molecule has 1 aromatic rings. The number of aryl methyl sites for hydroxylation is 2. The van der Waals surface area contributed by atoms with Gasteiger partial charge in [-0.15, -0.1) is 0 Å². The van der Waals surface area contributed by atoms with Crippen molar-refractivity contribution in [3.05, 3.63) is 29.3 Å². The molecule has 0 radical (unpaired) electrons. The molecule has 1 N–H and O–H groups in total. The molecule has 8 heteroatoms. The monoisotopic (exact) mass is 449 g/mol. The maximum atomic E-state index is 13.6. The van der Waals surface area contributed by atoms with Crippen LogP contribution in [0.2, 0.25) is 0 Å². The van der Waals surface area contributed by atoms with Crippen LogP contribution in [0.1, 0.15) is 63.0 Å². The Bertz CT molecular complexity index is 938. The van der Waals surface area contributed by atoms with Gasteiger partial charge in [-0.3, -0.25) is 14.5 Å². The van der Waals surface area contributed by atoms with E-state index in [0.717, 1.165) is 47.4 Å². The summed E-state index contributed by atoms with van der Waals surface area (Å²) in [5, 5.41) is 3.16. The molecule has 1 atom stereocenters. The maximum absolute atomic E-state index is 13.6. The van der Waals surface area contributed by atoms with Gasteiger partial charge >= 0.3 is 0 Å². The average Bonchev–Trinajstić information content (AvgIpc) is 2.65. The number of carbonyl (C=O) groups is 2. The molecule has 7 nitrogen and oxygen atoms in total. The van der Waals surface area contributed by atoms with Gasteiger partial charge in [-0.1, -0.05) is 38.2 Å². The Labute approximate surface area is 186 Å². The first-order valence-corrected chi connectivity index (χ1v) is 13.0. The number of anilines is 1. The molecular weight excluding hydrogens is 414 g/mol. The molecule has 172 valence electrons. The summed E-state index contributed by atoms with van der Waals surface area (Å²) in [6, 6.07) is 5.70. The minimum atomic E-state index is -3.62. The van der Waals surface area contributed by atoms with Crippen LogP contribution >= 0.6 is 0 Å². The average molecular weight is 450 g/mol. The zero-order valence-electron chi connectivity index (χ0n) is 19.1. The molecule has 2 amide bonds. The molecule has 1 heterocycles. The van der Waals surface area contributed by atoms with Gasteiger partial charge in [-0.05, 0) is 56.9 Å². The quantitative estimate of drug-likeness (QED) is 0.766. The number of nitrogens with one attached hydrogen (secondary N) is 1. The molecule has 2 aliphatic rings. The van der Waals surface area contributed by atoms with Crippen LogP contribution < -0.4 is 10.2 Å². The number of hydrogen-bond donors (Lipinski definition) is 1. The standard InChI is InChI=1S/C23H35N3O4S/c1-17-12-13-20(14-18(17)2)26-21(27)15-25(31(4,29)30)16-23(26,3)22(28)24-19-10-8-6-5-7-9-11-19/h12-14,19H,5-11,15-16H2,1-4H3,(H,24,28). The van der Waals surface area contributed by atoms with Gasteiger partial charge in [0.15, 0.2) is 0 Å². The van der Waals surface area contributed by atoms with E-state index in [9.17, 15) is 18.0 Å². The van der Waals surface area contributed by atoms with Gasteiger partial charge in [0.1, 0.15) is 5.54 Å². The highest BCUT2D eigenvalue weighted by molar-refractivity contribution is 7.88. The third kappa shape index (κ3) is 5.29. The Hall–Kier alpha value is -1.93. The van der Waals surface area contributed by atoms with Crippen LogP contribution in [0.25, 0.3) is 0 Å². The SMILES string of the molecule is Cc1ccc(N2C(=O)CN(S(C)(=O)=O)CC2(C)C(=O)NC2CCCCCCC2)cc1C. The predicted molar refractivity (Wildman–Crippen MR) is 122 cm³/mol. The number of amides is 2. The third-order valence-corrected chi connectivity index (χ3v) is 7.88. The zero-order valence-corrected chi connectivity index (χ0v) is 19.9. The largest absolute Gasteiger partial charge is 0.351 e. The summed E-state index contributed by atoms with van der Waals surface area (Å²) in [5.41, 5.74) is 1.39. The normalized spacial score (nSPS) is 24.5. The lowest BCUT2D eigenvalue weighted by Crippen LogP contribution is -2.70. The van der Waals surface area contributed by atoms with Crippen molar-refractivity contribution in [3.8, 4) is 0 Å². The van der Waals surface area contributed by atoms with E-state index in [0.29, 0.717) is 5.69 Å². The molecule has 1 saturated carbocycles. The fraction of sp³-hybridized carbons (Fsp3) is 0.652. The molecule has 3 rings (SSSR count). The van der Waals surface area contributed by atoms with E-state index >= 15 is 0 Å². The van der Waals surface area contributed by atoms with E-state index in [-0.39, 0.29) is 25.0 Å². The Morgan fingerprint density at radius 2 is 1.68 bits per heavy atom. The summed E-state index contributed by atoms with van der Waals surface area (Å²) in [7, 11) is -3.62. The van der Waals surface area contributed by atoms with Crippen LogP contribution in [-0.2, 0) is 19.6 Å². The minimum Gasteiger partial charge on any atom is -0.351 e. The number of nitrogens with zero attached hydrogens (tertiary/aromatic N) is 2. The van der Waals surface area contributed by atoms with Gasteiger partial charge in [0.25, 0.3) is 0 Å². The highest BCUT2D eigenvalue weighted by Gasteiger charge is 2.50. The molecule has 0 aromatic heterocycles. The third-order valence-electron chi connectivity index (χ3n) is 6.69. The van der Waals surface area contributed by atoms with Gasteiger partial charge in [-0.2, -0.15) is 4.31 Å². The number of hydrogen-bond acceptors (Lipinski definition) is 4. The van der Waals surface area contributed by atoms with Crippen molar-refractivity contribution in [2.45, 2.75) is 77.3 Å². The predicted octanol–water partition coefficient (Wildman–Crippen LogP) is 2.90. The summed E-state index contributed by atoms with van der Waals surface area (Å²) in [4.78, 5) is 28.3. The van der Waals surface area contributed by atoms with Crippen LogP contribution in [0.5, 0.6) is 0 Å². The lowest BCUT2D eigenvalue weighted by molar-refractivity contribution is -0.133. The smallest absolute Gasteiger partial charge is 0.247 e. The summed E-state index contributed by atoms with van der Waals surface area (Å²) in [5.74, 6) is -0.687. The molecule has 1 aliphatic heterocycles. The van der Waals surface area contributed by atoms with E-state index in [1.807, 2.05) is 32.0 Å². The van der Waals surface area contributed by atoms with Gasteiger partial charge in [0, 0.05) is 18.3 Å². The Morgan fingerprint density at radius 3 is 2.26 bits per heavy atom. The second-order valence-electron chi connectivity index (χ2n) is 9.32. The van der Waals surface area contributed by atoms with Crippen LogP contribution in [0.15, 0.2) is 18.2 Å². The van der Waals surface area contributed by atoms with Crippen molar-refractivity contribution in [1.82, 2.24) is 9.62 Å². The highest BCUT2D eigenvalue weighted by Crippen LogP contribution is 2.32. The van der Waals surface area contributed by atoms with Gasteiger partial charge < -0.3 is 5.32 Å². The zero-order chi connectivity index (χ0) is 22.8. The first-order valence-electron chi connectivity index (χ1n) is 11.2. The van der Waals surface area contributed by atoms with Crippen molar-refractivity contribution >= 4 is 27.5 Å². The summed E-state index contributed by atoms with van der Waals surface area (Å²) in [6.45, 7) is 5.29. The van der Waals surface area contributed by atoms with Crippen LogP contribution in [0.3, 0.4) is 0 Å². The molecule has 1 unspecified atom stereocenters. The second kappa shape index (κ2) is 9.28. The molecule has 0 bridgehead atoms. The molecule has 1 aliphatic carbocycles. The number of benzene rings is 1. The molecule has 1 aromatic carbocycles. The molecule has 31 heavy (non-hydrogen) atoms. The number of piperazine rings is 1. The van der Waals surface area contributed by atoms with E-state index in [1.165, 1.54) is 24.2 Å². The second-order valence-corrected chi connectivity index (χ2v) is 11.3. The number of carbonyl (C=O) groups excluding carboxylic acids is 2. The first kappa shape index (κ1) is 23.7. The van der Waals surface area contributed by atoms with E-state index < -0.39 is 21.5 Å². The molecule has 1 saturated heterocycles. The van der Waals surface area contributed by atoms with E-state index in [1.54, 1.807) is 6.92 Å². The number of rotatable bonds is 4. The van der Waals surface area contributed by atoms with Gasteiger partial charge in [0.2, 0.25) is 21.8 Å². The Morgan fingerprint density at radius 1 is 1.06 bits per heavy atom. The first-order chi connectivity index (χ1) is 14.5. The maximum Gasteiger partial charge on any atom is 0.247 e. The van der Waals surface area contributed by atoms with Crippen LogP contribution in [0, 0.1) is 13.8 Å². The van der Waals surface area contributed by atoms with Gasteiger partial charge in [-0.25, -0.2) is 8.42 Å². The molecule has 2 fully saturated rings. The molecular formula is C23H35N3O4S. The van der Waals surface area contributed by atoms with Crippen molar-refractivity contribution in [2.75, 3.05) is 24.2 Å². The Balaban J connectivity index is 1.96. The topological polar surface area (TPSA) is 86.8 Å². The van der Waals surface area contributed by atoms with Crippen LogP contribution in [-0.4, -0.2) is 55.5 Å². The lowest BCUT2D eigenvalue weighted by atomic mass is 9.91.